The average molecular weight is 241 g/mol. The van der Waals surface area contributed by atoms with Crippen molar-refractivity contribution >= 4 is 12.4 Å². The summed E-state index contributed by atoms with van der Waals surface area (Å²) in [5, 5.41) is 7.48. The minimum Gasteiger partial charge on any atom is -0.266 e. The Kier molecular flexibility index (Phi) is 2.72. The van der Waals surface area contributed by atoms with Gasteiger partial charge in [-0.25, -0.2) is 20.1 Å². The van der Waals surface area contributed by atoms with Crippen molar-refractivity contribution in [1.82, 2.24) is 15.3 Å². The molecule has 0 aliphatic carbocycles. The summed E-state index contributed by atoms with van der Waals surface area (Å²) >= 11 is 0. The van der Waals surface area contributed by atoms with Gasteiger partial charge in [0.05, 0.1) is 13.1 Å². The molecule has 1 saturated heterocycles. The second-order valence-electron chi connectivity index (χ2n) is 4.17. The minimum absolute atomic E-state index is 0.0309. The van der Waals surface area contributed by atoms with Crippen LogP contribution in [0.5, 0.6) is 0 Å². The van der Waals surface area contributed by atoms with Gasteiger partial charge in [0.25, 0.3) is 0 Å². The van der Waals surface area contributed by atoms with Crippen LogP contribution >= 0.6 is 0 Å². The van der Waals surface area contributed by atoms with Crippen LogP contribution in [0, 0.1) is 0 Å². The lowest BCUT2D eigenvalue weighted by Gasteiger charge is -2.33. The molecule has 91 valence electrons. The van der Waals surface area contributed by atoms with Crippen LogP contribution in [0.2, 0.25) is 0 Å². The Labute approximate surface area is 105 Å². The monoisotopic (exact) mass is 241 g/mol. The first-order chi connectivity index (χ1) is 8.86. The molecule has 1 aromatic carbocycles. The quantitative estimate of drug-likeness (QED) is 0.788. The Hall–Kier alpha value is -2.30. The predicted molar refractivity (Wildman–Crippen MR) is 67.8 cm³/mol. The number of nitrogens with zero attached hydrogens (tertiary/aromatic N) is 4. The van der Waals surface area contributed by atoms with Gasteiger partial charge in [0, 0.05) is 6.20 Å². The van der Waals surface area contributed by atoms with Gasteiger partial charge in [-0.15, -0.1) is 0 Å². The Morgan fingerprint density at radius 3 is 2.78 bits per heavy atom. The molecule has 0 aromatic heterocycles. The Morgan fingerprint density at radius 1 is 1.22 bits per heavy atom. The van der Waals surface area contributed by atoms with E-state index in [2.05, 4.69) is 10.3 Å². The third-order valence-electron chi connectivity index (χ3n) is 3.04. The fraction of sp³-hybridized carbons (Fsp3) is 0.231. The highest BCUT2D eigenvalue weighted by Gasteiger charge is 2.36. The summed E-state index contributed by atoms with van der Waals surface area (Å²) in [6, 6.07) is 9.71. The zero-order valence-electron chi connectivity index (χ0n) is 9.81. The maximum absolute atomic E-state index is 11.9. The standard InChI is InChI=1S/C13H13N4O/c18-13-15-9-12(11-5-2-1-3-6-11)17(13)16-8-4-7-14-10-16/h1-7,10,12H,8-9H2. The van der Waals surface area contributed by atoms with E-state index in [4.69, 9.17) is 0 Å². The summed E-state index contributed by atoms with van der Waals surface area (Å²) in [6.07, 6.45) is 5.30. The van der Waals surface area contributed by atoms with Crippen molar-refractivity contribution < 1.29 is 4.79 Å². The van der Waals surface area contributed by atoms with Crippen molar-refractivity contribution in [2.24, 2.45) is 4.99 Å². The molecule has 1 unspecified atom stereocenters. The number of rotatable bonds is 2. The summed E-state index contributed by atoms with van der Waals surface area (Å²) in [7, 11) is 0. The van der Waals surface area contributed by atoms with Crippen LogP contribution in [-0.4, -0.2) is 35.5 Å². The van der Waals surface area contributed by atoms with Gasteiger partial charge in [-0.3, -0.25) is 5.01 Å². The van der Waals surface area contributed by atoms with Crippen molar-refractivity contribution in [3.63, 3.8) is 0 Å². The molecule has 2 aliphatic rings. The zero-order valence-corrected chi connectivity index (χ0v) is 9.81. The Morgan fingerprint density at radius 2 is 2.06 bits per heavy atom. The molecule has 5 nitrogen and oxygen atoms in total. The van der Waals surface area contributed by atoms with E-state index < -0.39 is 0 Å². The number of carbonyl (C=O) groups is 1. The SMILES string of the molecule is O=C1[N]CC(c2ccccc2)N1N1C=NC=CC1. The normalized spacial score (nSPS) is 22.4. The van der Waals surface area contributed by atoms with Crippen molar-refractivity contribution in [2.45, 2.75) is 6.04 Å². The van der Waals surface area contributed by atoms with E-state index in [-0.39, 0.29) is 12.1 Å². The van der Waals surface area contributed by atoms with Gasteiger partial charge in [-0.1, -0.05) is 30.3 Å². The maximum atomic E-state index is 11.9. The fourth-order valence-electron chi connectivity index (χ4n) is 2.18. The molecule has 1 radical (unpaired) electrons. The Balaban J connectivity index is 1.88. The molecule has 0 N–H and O–H groups in total. The van der Waals surface area contributed by atoms with Crippen molar-refractivity contribution in [2.75, 3.05) is 13.1 Å². The summed E-state index contributed by atoms with van der Waals surface area (Å²) < 4.78 is 0. The first-order valence-corrected chi connectivity index (χ1v) is 5.87. The van der Waals surface area contributed by atoms with E-state index >= 15 is 0 Å². The lowest BCUT2D eigenvalue weighted by atomic mass is 10.1. The predicted octanol–water partition coefficient (Wildman–Crippen LogP) is 1.54. The topological polar surface area (TPSA) is 50.0 Å². The van der Waals surface area contributed by atoms with E-state index in [9.17, 15) is 4.79 Å². The smallest absolute Gasteiger partial charge is 0.266 e. The average Bonchev–Trinajstić information content (AvgIpc) is 2.83. The van der Waals surface area contributed by atoms with Crippen LogP contribution in [0.4, 0.5) is 4.79 Å². The number of hydrogen-bond donors (Lipinski definition) is 0. The molecule has 2 aliphatic heterocycles. The summed E-state index contributed by atoms with van der Waals surface area (Å²) in [5.74, 6) is 0. The molecular weight excluding hydrogens is 228 g/mol. The first-order valence-electron chi connectivity index (χ1n) is 5.87. The number of benzene rings is 1. The van der Waals surface area contributed by atoms with Gasteiger partial charge in [0.2, 0.25) is 0 Å². The van der Waals surface area contributed by atoms with Crippen LogP contribution in [-0.2, 0) is 0 Å². The zero-order chi connectivity index (χ0) is 12.4. The lowest BCUT2D eigenvalue weighted by Crippen LogP contribution is -2.45. The second kappa shape index (κ2) is 4.52. The van der Waals surface area contributed by atoms with E-state index in [1.807, 2.05) is 36.4 Å². The molecule has 2 amide bonds. The highest BCUT2D eigenvalue weighted by atomic mass is 16.2. The van der Waals surface area contributed by atoms with Crippen LogP contribution in [0.3, 0.4) is 0 Å². The van der Waals surface area contributed by atoms with Crippen LogP contribution in [0.1, 0.15) is 11.6 Å². The van der Waals surface area contributed by atoms with E-state index in [0.29, 0.717) is 13.1 Å². The summed E-state index contributed by atoms with van der Waals surface area (Å²) in [5.41, 5.74) is 1.09. The second-order valence-corrected chi connectivity index (χ2v) is 4.17. The molecule has 1 aromatic rings. The van der Waals surface area contributed by atoms with E-state index in [0.717, 1.165) is 5.56 Å². The first kappa shape index (κ1) is 10.8. The highest BCUT2D eigenvalue weighted by Crippen LogP contribution is 2.26. The van der Waals surface area contributed by atoms with Gasteiger partial charge < -0.3 is 0 Å². The fourth-order valence-corrected chi connectivity index (χ4v) is 2.18. The van der Waals surface area contributed by atoms with Gasteiger partial charge in [0.15, 0.2) is 0 Å². The molecule has 3 rings (SSSR count). The van der Waals surface area contributed by atoms with E-state index in [1.54, 1.807) is 22.6 Å². The number of amides is 2. The van der Waals surface area contributed by atoms with Crippen LogP contribution < -0.4 is 5.32 Å². The number of hydrazine groups is 1. The number of aliphatic imine (C=N–C) groups is 1. The molecule has 2 heterocycles. The van der Waals surface area contributed by atoms with Crippen LogP contribution in [0.15, 0.2) is 47.6 Å². The molecule has 0 saturated carbocycles. The summed E-state index contributed by atoms with van der Waals surface area (Å²) in [4.78, 5) is 15.9. The van der Waals surface area contributed by atoms with E-state index in [1.165, 1.54) is 0 Å². The third-order valence-corrected chi connectivity index (χ3v) is 3.04. The summed E-state index contributed by atoms with van der Waals surface area (Å²) in [6.45, 7) is 1.14. The lowest BCUT2D eigenvalue weighted by molar-refractivity contribution is 0.0806. The largest absolute Gasteiger partial charge is 0.358 e. The van der Waals surface area contributed by atoms with Gasteiger partial charge in [0.1, 0.15) is 12.4 Å². The third kappa shape index (κ3) is 1.84. The molecular formula is C13H13N4O. The Bertz CT molecular complexity index is 497. The minimum atomic E-state index is -0.203. The van der Waals surface area contributed by atoms with Crippen molar-refractivity contribution in [1.29, 1.82) is 0 Å². The molecule has 0 spiro atoms. The van der Waals surface area contributed by atoms with Crippen LogP contribution in [0.25, 0.3) is 0 Å². The van der Waals surface area contributed by atoms with Crippen molar-refractivity contribution in [3.05, 3.63) is 48.2 Å². The number of carbonyl (C=O) groups excluding carboxylic acids is 1. The van der Waals surface area contributed by atoms with Crippen molar-refractivity contribution in [3.8, 4) is 0 Å². The highest BCUT2D eigenvalue weighted by molar-refractivity contribution is 5.78. The maximum Gasteiger partial charge on any atom is 0.358 e. The van der Waals surface area contributed by atoms with Gasteiger partial charge in [-0.05, 0) is 11.6 Å². The molecule has 0 bridgehead atoms. The molecule has 1 atom stereocenters. The molecule has 1 fully saturated rings. The number of urea groups is 1. The number of hydrogen-bond acceptors (Lipinski definition) is 3. The molecule has 18 heavy (non-hydrogen) atoms. The van der Waals surface area contributed by atoms with Gasteiger partial charge >= 0.3 is 6.03 Å². The molecule has 5 heteroatoms. The van der Waals surface area contributed by atoms with Gasteiger partial charge in [-0.2, -0.15) is 0 Å².